The number of benzene rings is 2. The molecular weight excluding hydrogens is 434 g/mol. The van der Waals surface area contributed by atoms with Crippen LogP contribution in [0.2, 0.25) is 5.02 Å². The summed E-state index contributed by atoms with van der Waals surface area (Å²) >= 11 is 5.84. The third-order valence-electron chi connectivity index (χ3n) is 4.43. The first-order valence-corrected chi connectivity index (χ1v) is 10.5. The summed E-state index contributed by atoms with van der Waals surface area (Å²) in [6.45, 7) is 7.33. The lowest BCUT2D eigenvalue weighted by Crippen LogP contribution is -2.54. The van der Waals surface area contributed by atoms with Crippen LogP contribution >= 0.6 is 11.6 Å². The van der Waals surface area contributed by atoms with E-state index in [1.807, 2.05) is 13.8 Å². The maximum Gasteiger partial charge on any atom is 0.269 e. The molecule has 32 heavy (non-hydrogen) atoms. The molecule has 0 heterocycles. The Hall–Kier alpha value is -3.26. The summed E-state index contributed by atoms with van der Waals surface area (Å²) in [6.07, 6.45) is -0.0566. The molecule has 3 amide bonds. The van der Waals surface area contributed by atoms with Crippen LogP contribution in [0.5, 0.6) is 11.5 Å². The Morgan fingerprint density at radius 3 is 2.03 bits per heavy atom. The first kappa shape index (κ1) is 25.0. The number of methoxy groups -OCH3 is 1. The molecular formula is C23H28ClN3O5. The molecule has 8 nitrogen and oxygen atoms in total. The quantitative estimate of drug-likeness (QED) is 0.523. The smallest absolute Gasteiger partial charge is 0.269 e. The van der Waals surface area contributed by atoms with Crippen LogP contribution in [0.1, 0.15) is 48.4 Å². The number of carbonyl (C=O) groups excluding carboxylic acids is 3. The van der Waals surface area contributed by atoms with Crippen LogP contribution in [0.15, 0.2) is 42.5 Å². The van der Waals surface area contributed by atoms with Crippen molar-refractivity contribution < 1.29 is 23.9 Å². The predicted octanol–water partition coefficient (Wildman–Crippen LogP) is 3.35. The van der Waals surface area contributed by atoms with Gasteiger partial charge in [-0.15, -0.1) is 0 Å². The number of rotatable bonds is 8. The molecule has 172 valence electrons. The number of hydrogen-bond acceptors (Lipinski definition) is 5. The number of halogens is 1. The van der Waals surface area contributed by atoms with Crippen molar-refractivity contribution in [1.82, 2.24) is 16.2 Å². The van der Waals surface area contributed by atoms with Crippen LogP contribution in [0.3, 0.4) is 0 Å². The number of hydrazine groups is 1. The summed E-state index contributed by atoms with van der Waals surface area (Å²) in [5.41, 5.74) is 5.37. The van der Waals surface area contributed by atoms with Gasteiger partial charge in [-0.25, -0.2) is 0 Å². The van der Waals surface area contributed by atoms with E-state index >= 15 is 0 Å². The zero-order valence-electron chi connectivity index (χ0n) is 18.7. The molecule has 0 aromatic heterocycles. The summed E-state index contributed by atoms with van der Waals surface area (Å²) < 4.78 is 10.9. The van der Waals surface area contributed by atoms with Gasteiger partial charge in [0.2, 0.25) is 0 Å². The molecule has 1 atom stereocenters. The summed E-state index contributed by atoms with van der Waals surface area (Å²) in [4.78, 5) is 37.6. The van der Waals surface area contributed by atoms with Gasteiger partial charge in [0, 0.05) is 16.1 Å². The molecule has 0 spiro atoms. The van der Waals surface area contributed by atoms with Crippen molar-refractivity contribution in [2.24, 2.45) is 5.92 Å². The molecule has 3 N–H and O–H groups in total. The molecule has 0 aliphatic carbocycles. The topological polar surface area (TPSA) is 106 Å². The highest BCUT2D eigenvalue weighted by Gasteiger charge is 2.25. The number of amides is 3. The van der Waals surface area contributed by atoms with E-state index in [0.717, 1.165) is 0 Å². The average Bonchev–Trinajstić information content (AvgIpc) is 2.75. The predicted molar refractivity (Wildman–Crippen MR) is 122 cm³/mol. The zero-order valence-corrected chi connectivity index (χ0v) is 19.4. The molecule has 0 saturated carbocycles. The second kappa shape index (κ2) is 11.4. The van der Waals surface area contributed by atoms with E-state index in [-0.39, 0.29) is 17.6 Å². The molecule has 2 aromatic carbocycles. The van der Waals surface area contributed by atoms with Gasteiger partial charge in [-0.1, -0.05) is 25.4 Å². The average molecular weight is 462 g/mol. The van der Waals surface area contributed by atoms with Crippen LogP contribution in [0.4, 0.5) is 0 Å². The maximum atomic E-state index is 12.6. The normalized spacial score (nSPS) is 11.6. The lowest BCUT2D eigenvalue weighted by atomic mass is 10.0. The summed E-state index contributed by atoms with van der Waals surface area (Å²) in [6, 6.07) is 10.1. The van der Waals surface area contributed by atoms with Crippen molar-refractivity contribution >= 4 is 29.3 Å². The molecule has 0 unspecified atom stereocenters. The van der Waals surface area contributed by atoms with Crippen molar-refractivity contribution in [3.8, 4) is 11.5 Å². The van der Waals surface area contributed by atoms with E-state index in [9.17, 15) is 14.4 Å². The third-order valence-corrected chi connectivity index (χ3v) is 4.68. The summed E-state index contributed by atoms with van der Waals surface area (Å²) in [5.74, 6) is -0.842. The second-order valence-corrected chi connectivity index (χ2v) is 8.11. The van der Waals surface area contributed by atoms with Gasteiger partial charge < -0.3 is 14.8 Å². The monoisotopic (exact) mass is 461 g/mol. The Balaban J connectivity index is 2.02. The van der Waals surface area contributed by atoms with Crippen molar-refractivity contribution in [1.29, 1.82) is 0 Å². The minimum Gasteiger partial charge on any atom is -0.493 e. The molecule has 9 heteroatoms. The van der Waals surface area contributed by atoms with Crippen LogP contribution < -0.4 is 25.6 Å². The van der Waals surface area contributed by atoms with Crippen LogP contribution in [-0.4, -0.2) is 37.0 Å². The minimum atomic E-state index is -0.866. The highest BCUT2D eigenvalue weighted by molar-refractivity contribution is 6.30. The number of carbonyl (C=O) groups is 3. The van der Waals surface area contributed by atoms with Gasteiger partial charge >= 0.3 is 0 Å². The van der Waals surface area contributed by atoms with Gasteiger partial charge in [0.05, 0.1) is 13.2 Å². The summed E-state index contributed by atoms with van der Waals surface area (Å²) in [7, 11) is 1.47. The molecule has 0 aliphatic heterocycles. The molecule has 2 rings (SSSR count). The fourth-order valence-electron chi connectivity index (χ4n) is 2.79. The summed E-state index contributed by atoms with van der Waals surface area (Å²) in [5, 5.41) is 3.18. The van der Waals surface area contributed by atoms with E-state index in [0.29, 0.717) is 22.1 Å². The lowest BCUT2D eigenvalue weighted by Gasteiger charge is -2.22. The zero-order chi connectivity index (χ0) is 23.8. The molecule has 0 aliphatic rings. The molecule has 0 fully saturated rings. The largest absolute Gasteiger partial charge is 0.493 e. The van der Waals surface area contributed by atoms with Gasteiger partial charge in [0.25, 0.3) is 17.7 Å². The molecule has 2 aromatic rings. The van der Waals surface area contributed by atoms with E-state index < -0.39 is 23.8 Å². The van der Waals surface area contributed by atoms with Crippen LogP contribution in [0.25, 0.3) is 0 Å². The standard InChI is InChI=1S/C23H28ClN3O5/c1-13(2)20(25-21(28)15-6-9-17(24)10-7-15)23(30)27-26-22(29)16-8-11-18(32-14(3)4)19(12-16)31-5/h6-14,20H,1-5H3,(H,25,28)(H,26,29)(H,27,30)/t20-/m0/s1. The third kappa shape index (κ3) is 6.88. The highest BCUT2D eigenvalue weighted by Crippen LogP contribution is 2.28. The van der Waals surface area contributed by atoms with Gasteiger partial charge in [0.15, 0.2) is 11.5 Å². The SMILES string of the molecule is COc1cc(C(=O)NNC(=O)[C@@H](NC(=O)c2ccc(Cl)cc2)C(C)C)ccc1OC(C)C. The number of nitrogens with one attached hydrogen (secondary N) is 3. The first-order chi connectivity index (χ1) is 15.1. The Morgan fingerprint density at radius 1 is 0.844 bits per heavy atom. The minimum absolute atomic E-state index is 0.0566. The fraction of sp³-hybridized carbons (Fsp3) is 0.348. The van der Waals surface area contributed by atoms with E-state index in [1.54, 1.807) is 50.2 Å². The van der Waals surface area contributed by atoms with Crippen molar-refractivity contribution in [2.75, 3.05) is 7.11 Å². The van der Waals surface area contributed by atoms with Crippen molar-refractivity contribution in [3.63, 3.8) is 0 Å². The first-order valence-electron chi connectivity index (χ1n) is 10.1. The Kier molecular flexibility index (Phi) is 8.90. The number of hydrogen-bond donors (Lipinski definition) is 3. The lowest BCUT2D eigenvalue weighted by molar-refractivity contribution is -0.124. The Labute approximate surface area is 192 Å². The molecule has 0 saturated heterocycles. The van der Waals surface area contributed by atoms with Crippen molar-refractivity contribution in [3.05, 3.63) is 58.6 Å². The number of ether oxygens (including phenoxy) is 2. The van der Waals surface area contributed by atoms with E-state index in [1.165, 1.54) is 13.2 Å². The molecule has 0 radical (unpaired) electrons. The van der Waals surface area contributed by atoms with Gasteiger partial charge in [-0.3, -0.25) is 25.2 Å². The second-order valence-electron chi connectivity index (χ2n) is 7.68. The molecule has 0 bridgehead atoms. The van der Waals surface area contributed by atoms with Gasteiger partial charge in [-0.2, -0.15) is 0 Å². The Morgan fingerprint density at radius 2 is 1.47 bits per heavy atom. The van der Waals surface area contributed by atoms with E-state index in [2.05, 4.69) is 16.2 Å². The van der Waals surface area contributed by atoms with Gasteiger partial charge in [-0.05, 0) is 62.2 Å². The maximum absolute atomic E-state index is 12.6. The van der Waals surface area contributed by atoms with Gasteiger partial charge in [0.1, 0.15) is 6.04 Å². The highest BCUT2D eigenvalue weighted by atomic mass is 35.5. The fourth-order valence-corrected chi connectivity index (χ4v) is 2.92. The Bertz CT molecular complexity index is 961. The van der Waals surface area contributed by atoms with E-state index in [4.69, 9.17) is 21.1 Å². The van der Waals surface area contributed by atoms with Crippen molar-refractivity contribution in [2.45, 2.75) is 39.8 Å². The van der Waals surface area contributed by atoms with Crippen LogP contribution in [0, 0.1) is 5.92 Å². The van der Waals surface area contributed by atoms with Crippen LogP contribution in [-0.2, 0) is 4.79 Å².